The maximum absolute atomic E-state index is 12.4. The van der Waals surface area contributed by atoms with Crippen LogP contribution in [-0.2, 0) is 13.1 Å². The molecule has 2 N–H and O–H groups in total. The second kappa shape index (κ2) is 9.41. The summed E-state index contributed by atoms with van der Waals surface area (Å²) in [6, 6.07) is 17.7. The lowest BCUT2D eigenvalue weighted by Gasteiger charge is -2.09. The van der Waals surface area contributed by atoms with Crippen LogP contribution in [0.3, 0.4) is 0 Å². The molecule has 0 aliphatic rings. The van der Waals surface area contributed by atoms with Gasteiger partial charge in [-0.05, 0) is 55.0 Å². The van der Waals surface area contributed by atoms with E-state index in [9.17, 15) is 9.59 Å². The van der Waals surface area contributed by atoms with Crippen molar-refractivity contribution >= 4 is 11.8 Å². The van der Waals surface area contributed by atoms with Crippen molar-refractivity contribution in [3.8, 4) is 5.75 Å². The predicted molar refractivity (Wildman–Crippen MR) is 105 cm³/mol. The molecule has 28 heavy (non-hydrogen) atoms. The Labute approximate surface area is 163 Å². The molecule has 0 aliphatic carbocycles. The molecule has 0 radical (unpaired) electrons. The molecule has 6 heteroatoms. The molecule has 0 aliphatic heterocycles. The largest absolute Gasteiger partial charge is 0.494 e. The van der Waals surface area contributed by atoms with Gasteiger partial charge < -0.3 is 19.8 Å². The van der Waals surface area contributed by atoms with Crippen molar-refractivity contribution in [1.29, 1.82) is 0 Å². The number of carbonyl (C=O) groups excluding carboxylic acids is 2. The summed E-state index contributed by atoms with van der Waals surface area (Å²) >= 11 is 0. The average Bonchev–Trinajstić information content (AvgIpc) is 3.24. The number of rotatable bonds is 8. The molecular formula is C22H22N2O4. The minimum Gasteiger partial charge on any atom is -0.494 e. The van der Waals surface area contributed by atoms with Crippen molar-refractivity contribution in [2.75, 3.05) is 6.61 Å². The Kier molecular flexibility index (Phi) is 6.46. The number of carbonyl (C=O) groups is 2. The highest BCUT2D eigenvalue weighted by atomic mass is 16.5. The lowest BCUT2D eigenvalue weighted by atomic mass is 10.1. The fourth-order valence-corrected chi connectivity index (χ4v) is 2.68. The molecule has 2 amide bonds. The van der Waals surface area contributed by atoms with E-state index in [4.69, 9.17) is 9.15 Å². The molecule has 6 nitrogen and oxygen atoms in total. The molecule has 3 aromatic rings. The quantitative estimate of drug-likeness (QED) is 0.628. The van der Waals surface area contributed by atoms with Crippen molar-refractivity contribution in [3.05, 3.63) is 89.4 Å². The maximum Gasteiger partial charge on any atom is 0.251 e. The first-order valence-electron chi connectivity index (χ1n) is 9.06. The minimum atomic E-state index is -0.200. The molecule has 1 aromatic heterocycles. The van der Waals surface area contributed by atoms with E-state index >= 15 is 0 Å². The van der Waals surface area contributed by atoms with Gasteiger partial charge in [0.2, 0.25) is 0 Å². The topological polar surface area (TPSA) is 80.6 Å². The van der Waals surface area contributed by atoms with Crippen LogP contribution < -0.4 is 15.4 Å². The van der Waals surface area contributed by atoms with Crippen LogP contribution in [0.15, 0.2) is 71.3 Å². The minimum absolute atomic E-state index is 0.200. The number of ether oxygens (including phenoxy) is 1. The third kappa shape index (κ3) is 5.23. The molecule has 0 spiro atoms. The van der Waals surface area contributed by atoms with E-state index in [1.165, 1.54) is 0 Å². The molecule has 2 aromatic carbocycles. The zero-order valence-electron chi connectivity index (χ0n) is 15.6. The molecule has 3 rings (SSSR count). The van der Waals surface area contributed by atoms with E-state index in [-0.39, 0.29) is 11.8 Å². The fourth-order valence-electron chi connectivity index (χ4n) is 2.68. The molecular weight excluding hydrogens is 356 g/mol. The maximum atomic E-state index is 12.4. The van der Waals surface area contributed by atoms with Crippen molar-refractivity contribution in [2.45, 2.75) is 20.0 Å². The zero-order chi connectivity index (χ0) is 19.8. The third-order valence-corrected chi connectivity index (χ3v) is 4.05. The zero-order valence-corrected chi connectivity index (χ0v) is 15.6. The molecule has 0 atom stereocenters. The highest BCUT2D eigenvalue weighted by Gasteiger charge is 2.09. The number of hydrogen-bond donors (Lipinski definition) is 2. The van der Waals surface area contributed by atoms with Crippen molar-refractivity contribution in [2.24, 2.45) is 0 Å². The highest BCUT2D eigenvalue weighted by Crippen LogP contribution is 2.13. The van der Waals surface area contributed by atoms with Gasteiger partial charge in [0.05, 0.1) is 19.4 Å². The van der Waals surface area contributed by atoms with Crippen LogP contribution in [0.2, 0.25) is 0 Å². The van der Waals surface area contributed by atoms with Crippen LogP contribution in [-0.4, -0.2) is 18.4 Å². The van der Waals surface area contributed by atoms with Crippen molar-refractivity contribution < 1.29 is 18.7 Å². The van der Waals surface area contributed by atoms with E-state index in [0.29, 0.717) is 42.3 Å². The Bertz CT molecular complexity index is 935. The van der Waals surface area contributed by atoms with Crippen molar-refractivity contribution in [1.82, 2.24) is 10.6 Å². The summed E-state index contributed by atoms with van der Waals surface area (Å²) in [6.07, 6.45) is 1.56. The Morgan fingerprint density at radius 2 is 1.61 bits per heavy atom. The lowest BCUT2D eigenvalue weighted by Crippen LogP contribution is -2.24. The number of benzene rings is 2. The first kappa shape index (κ1) is 19.2. The van der Waals surface area contributed by atoms with Crippen LogP contribution in [0.25, 0.3) is 0 Å². The summed E-state index contributed by atoms with van der Waals surface area (Å²) in [7, 11) is 0. The lowest BCUT2D eigenvalue weighted by molar-refractivity contribution is 0.0943. The Morgan fingerprint density at radius 1 is 0.893 bits per heavy atom. The van der Waals surface area contributed by atoms with Gasteiger partial charge in [0.1, 0.15) is 11.5 Å². The molecule has 0 fully saturated rings. The van der Waals surface area contributed by atoms with Gasteiger partial charge in [0.15, 0.2) is 0 Å². The normalized spacial score (nSPS) is 10.3. The molecule has 0 unspecified atom stereocenters. The highest BCUT2D eigenvalue weighted by molar-refractivity contribution is 5.95. The summed E-state index contributed by atoms with van der Waals surface area (Å²) in [5, 5.41) is 5.67. The van der Waals surface area contributed by atoms with E-state index in [1.54, 1.807) is 54.8 Å². The first-order valence-corrected chi connectivity index (χ1v) is 9.06. The number of hydrogen-bond acceptors (Lipinski definition) is 4. The van der Waals surface area contributed by atoms with Gasteiger partial charge >= 0.3 is 0 Å². The molecule has 0 saturated heterocycles. The van der Waals surface area contributed by atoms with Gasteiger partial charge in [-0.2, -0.15) is 0 Å². The first-order chi connectivity index (χ1) is 13.7. The molecule has 0 bridgehead atoms. The predicted octanol–water partition coefficient (Wildman–Crippen LogP) is 3.54. The van der Waals surface area contributed by atoms with Gasteiger partial charge in [0.25, 0.3) is 11.8 Å². The van der Waals surface area contributed by atoms with Gasteiger partial charge in [-0.3, -0.25) is 9.59 Å². The van der Waals surface area contributed by atoms with Gasteiger partial charge in [0, 0.05) is 17.7 Å². The number of furan rings is 1. The Morgan fingerprint density at radius 3 is 2.32 bits per heavy atom. The summed E-state index contributed by atoms with van der Waals surface area (Å²) in [6.45, 7) is 3.07. The van der Waals surface area contributed by atoms with Crippen LogP contribution >= 0.6 is 0 Å². The fraction of sp³-hybridized carbons (Fsp3) is 0.182. The van der Waals surface area contributed by atoms with Gasteiger partial charge in [-0.15, -0.1) is 0 Å². The second-order valence-electron chi connectivity index (χ2n) is 6.11. The molecule has 0 saturated carbocycles. The number of amides is 2. The second-order valence-corrected chi connectivity index (χ2v) is 6.11. The number of nitrogens with one attached hydrogen (secondary N) is 2. The monoisotopic (exact) mass is 378 g/mol. The summed E-state index contributed by atoms with van der Waals surface area (Å²) in [5.41, 5.74) is 1.88. The smallest absolute Gasteiger partial charge is 0.251 e. The van der Waals surface area contributed by atoms with E-state index in [1.807, 2.05) is 19.1 Å². The summed E-state index contributed by atoms with van der Waals surface area (Å²) in [4.78, 5) is 24.7. The Hall–Kier alpha value is -3.54. The van der Waals surface area contributed by atoms with Crippen molar-refractivity contribution in [3.63, 3.8) is 0 Å². The Balaban J connectivity index is 1.57. The summed E-state index contributed by atoms with van der Waals surface area (Å²) in [5.74, 6) is 0.944. The summed E-state index contributed by atoms with van der Waals surface area (Å²) < 4.78 is 10.6. The average molecular weight is 378 g/mol. The van der Waals surface area contributed by atoms with Gasteiger partial charge in [-0.1, -0.05) is 18.2 Å². The standard InChI is InChI=1S/C22H22N2O4/c1-2-27-19-9-4-8-18(13-19)22(26)23-14-16-6-3-7-17(12-16)21(25)24-15-20-10-5-11-28-20/h3-13H,2,14-15H2,1H3,(H,23,26)(H,24,25). The van der Waals surface area contributed by atoms with E-state index in [0.717, 1.165) is 5.56 Å². The third-order valence-electron chi connectivity index (χ3n) is 4.05. The van der Waals surface area contributed by atoms with E-state index in [2.05, 4.69) is 10.6 Å². The van der Waals surface area contributed by atoms with Crippen LogP contribution in [0, 0.1) is 0 Å². The van der Waals surface area contributed by atoms with Gasteiger partial charge in [-0.25, -0.2) is 0 Å². The molecule has 1 heterocycles. The van der Waals surface area contributed by atoms with Crippen LogP contribution in [0.5, 0.6) is 5.75 Å². The molecule has 144 valence electrons. The van der Waals surface area contributed by atoms with Crippen LogP contribution in [0.4, 0.5) is 0 Å². The van der Waals surface area contributed by atoms with Crippen LogP contribution in [0.1, 0.15) is 39.0 Å². The SMILES string of the molecule is CCOc1cccc(C(=O)NCc2cccc(C(=O)NCc3ccco3)c2)c1. The van der Waals surface area contributed by atoms with E-state index < -0.39 is 0 Å².